The maximum absolute atomic E-state index is 12.3. The van der Waals surface area contributed by atoms with Crippen LogP contribution in [-0.4, -0.2) is 10.9 Å². The Morgan fingerprint density at radius 2 is 1.86 bits per heavy atom. The number of nitrogens with one attached hydrogen (secondary N) is 1. The molecule has 0 atom stereocenters. The van der Waals surface area contributed by atoms with E-state index in [0.717, 1.165) is 24.0 Å². The van der Waals surface area contributed by atoms with E-state index in [0.29, 0.717) is 11.5 Å². The molecule has 1 fully saturated rings. The number of hydrogen-bond acceptors (Lipinski definition) is 2. The van der Waals surface area contributed by atoms with Crippen LogP contribution in [0.3, 0.4) is 0 Å². The molecule has 2 rings (SSSR count). The molecular formula is C17H24N2OS. The molecule has 3 nitrogen and oxygen atoms in total. The van der Waals surface area contributed by atoms with E-state index in [9.17, 15) is 4.79 Å². The van der Waals surface area contributed by atoms with E-state index in [-0.39, 0.29) is 11.8 Å². The maximum Gasteiger partial charge on any atom is 0.223 e. The predicted molar refractivity (Wildman–Crippen MR) is 90.0 cm³/mol. The Bertz CT molecular complexity index is 493. The standard InChI is InChI=1S/C17H24N2OS/c18-16(21)15-10-6-7-13(11-15)12-19-17(20)14-8-4-2-1-3-5-9-14/h6-7,10-11,14H,1-5,8-9,12H2,(H2,18,21)(H,19,20). The fourth-order valence-electron chi connectivity index (χ4n) is 2.89. The van der Waals surface area contributed by atoms with Crippen LogP contribution in [0, 0.1) is 5.92 Å². The Morgan fingerprint density at radius 3 is 2.52 bits per heavy atom. The number of carbonyl (C=O) groups excluding carboxylic acids is 1. The lowest BCUT2D eigenvalue weighted by Crippen LogP contribution is -2.30. The quantitative estimate of drug-likeness (QED) is 0.839. The molecule has 0 bridgehead atoms. The average Bonchev–Trinajstić information content (AvgIpc) is 2.44. The summed E-state index contributed by atoms with van der Waals surface area (Å²) >= 11 is 4.98. The van der Waals surface area contributed by atoms with Crippen molar-refractivity contribution in [1.29, 1.82) is 0 Å². The molecule has 114 valence electrons. The normalized spacial score (nSPS) is 16.8. The van der Waals surface area contributed by atoms with Crippen molar-refractivity contribution in [2.24, 2.45) is 11.7 Å². The van der Waals surface area contributed by atoms with E-state index < -0.39 is 0 Å². The molecule has 0 spiro atoms. The summed E-state index contributed by atoms with van der Waals surface area (Å²) in [6.07, 6.45) is 8.25. The van der Waals surface area contributed by atoms with Gasteiger partial charge in [-0.1, -0.05) is 62.5 Å². The van der Waals surface area contributed by atoms with E-state index in [2.05, 4.69) is 5.32 Å². The van der Waals surface area contributed by atoms with Crippen molar-refractivity contribution < 1.29 is 4.79 Å². The summed E-state index contributed by atoms with van der Waals surface area (Å²) in [4.78, 5) is 12.7. The first kappa shape index (κ1) is 16.0. The molecule has 3 N–H and O–H groups in total. The molecule has 21 heavy (non-hydrogen) atoms. The number of rotatable bonds is 4. The van der Waals surface area contributed by atoms with E-state index in [1.54, 1.807) is 0 Å². The predicted octanol–water partition coefficient (Wildman–Crippen LogP) is 3.30. The first-order valence-electron chi connectivity index (χ1n) is 7.83. The number of thiocarbonyl (C=S) groups is 1. The highest BCUT2D eigenvalue weighted by Crippen LogP contribution is 2.22. The van der Waals surface area contributed by atoms with Gasteiger partial charge in [0.25, 0.3) is 0 Å². The molecule has 1 aliphatic carbocycles. The monoisotopic (exact) mass is 304 g/mol. The van der Waals surface area contributed by atoms with Crippen LogP contribution in [0.1, 0.15) is 56.1 Å². The summed E-state index contributed by atoms with van der Waals surface area (Å²) in [6.45, 7) is 0.547. The Hall–Kier alpha value is -1.42. The van der Waals surface area contributed by atoms with Crippen LogP contribution >= 0.6 is 12.2 Å². The van der Waals surface area contributed by atoms with Crippen molar-refractivity contribution in [1.82, 2.24) is 5.32 Å². The second-order valence-electron chi connectivity index (χ2n) is 5.82. The lowest BCUT2D eigenvalue weighted by molar-refractivity contribution is -0.125. The van der Waals surface area contributed by atoms with Gasteiger partial charge in [-0.2, -0.15) is 0 Å². The molecule has 0 unspecified atom stereocenters. The summed E-state index contributed by atoms with van der Waals surface area (Å²) in [5.41, 5.74) is 7.52. The first-order valence-corrected chi connectivity index (χ1v) is 8.24. The van der Waals surface area contributed by atoms with Gasteiger partial charge in [0.05, 0.1) is 0 Å². The highest BCUT2D eigenvalue weighted by molar-refractivity contribution is 7.80. The topological polar surface area (TPSA) is 55.1 Å². The fraction of sp³-hybridized carbons (Fsp3) is 0.529. The highest BCUT2D eigenvalue weighted by Gasteiger charge is 2.18. The minimum absolute atomic E-state index is 0.184. The number of amides is 1. The van der Waals surface area contributed by atoms with E-state index >= 15 is 0 Å². The second kappa shape index (κ2) is 8.13. The van der Waals surface area contributed by atoms with Crippen LogP contribution in [0.15, 0.2) is 24.3 Å². The van der Waals surface area contributed by atoms with Crippen LogP contribution in [0.2, 0.25) is 0 Å². The molecule has 1 saturated carbocycles. The third kappa shape index (κ3) is 5.12. The van der Waals surface area contributed by atoms with Crippen LogP contribution in [0.5, 0.6) is 0 Å². The van der Waals surface area contributed by atoms with Crippen molar-refractivity contribution in [3.05, 3.63) is 35.4 Å². The SMILES string of the molecule is NC(=S)c1cccc(CNC(=O)C2CCCCCCC2)c1. The third-order valence-corrected chi connectivity index (χ3v) is 4.39. The minimum atomic E-state index is 0.184. The van der Waals surface area contributed by atoms with Crippen molar-refractivity contribution in [3.8, 4) is 0 Å². The maximum atomic E-state index is 12.3. The van der Waals surface area contributed by atoms with Gasteiger partial charge in [0.2, 0.25) is 5.91 Å². The average molecular weight is 304 g/mol. The lowest BCUT2D eigenvalue weighted by atomic mass is 9.90. The molecule has 0 radical (unpaired) electrons. The molecule has 4 heteroatoms. The zero-order valence-electron chi connectivity index (χ0n) is 12.4. The molecule has 0 aliphatic heterocycles. The zero-order valence-corrected chi connectivity index (χ0v) is 13.3. The number of hydrogen-bond donors (Lipinski definition) is 2. The lowest BCUT2D eigenvalue weighted by Gasteiger charge is -2.19. The molecule has 1 aromatic carbocycles. The van der Waals surface area contributed by atoms with Crippen LogP contribution in [0.4, 0.5) is 0 Å². The van der Waals surface area contributed by atoms with E-state index in [1.807, 2.05) is 24.3 Å². The summed E-state index contributed by atoms with van der Waals surface area (Å²) < 4.78 is 0. The van der Waals surface area contributed by atoms with Gasteiger partial charge in [-0.15, -0.1) is 0 Å². The molecule has 1 aromatic rings. The number of carbonyl (C=O) groups is 1. The van der Waals surface area contributed by atoms with Crippen molar-refractivity contribution in [2.75, 3.05) is 0 Å². The van der Waals surface area contributed by atoms with E-state index in [4.69, 9.17) is 18.0 Å². The number of benzene rings is 1. The zero-order chi connectivity index (χ0) is 15.1. The summed E-state index contributed by atoms with van der Waals surface area (Å²) in [6, 6.07) is 7.75. The molecule has 1 amide bonds. The van der Waals surface area contributed by atoms with Gasteiger partial charge in [0.1, 0.15) is 4.99 Å². The van der Waals surface area contributed by atoms with Crippen molar-refractivity contribution in [3.63, 3.8) is 0 Å². The third-order valence-electron chi connectivity index (χ3n) is 4.15. The van der Waals surface area contributed by atoms with Gasteiger partial charge in [-0.05, 0) is 24.5 Å². The summed E-state index contributed by atoms with van der Waals surface area (Å²) in [5, 5.41) is 3.06. The first-order chi connectivity index (χ1) is 10.2. The molecule has 0 aromatic heterocycles. The Morgan fingerprint density at radius 1 is 1.19 bits per heavy atom. The largest absolute Gasteiger partial charge is 0.389 e. The van der Waals surface area contributed by atoms with Crippen molar-refractivity contribution >= 4 is 23.1 Å². The Balaban J connectivity index is 1.87. The Kier molecular flexibility index (Phi) is 6.18. The van der Waals surface area contributed by atoms with Gasteiger partial charge < -0.3 is 11.1 Å². The van der Waals surface area contributed by atoms with Crippen LogP contribution in [0.25, 0.3) is 0 Å². The van der Waals surface area contributed by atoms with Gasteiger partial charge in [-0.3, -0.25) is 4.79 Å². The van der Waals surface area contributed by atoms with E-state index in [1.165, 1.54) is 32.1 Å². The Labute approximate surface area is 132 Å². The summed E-state index contributed by atoms with van der Waals surface area (Å²) in [5.74, 6) is 0.377. The minimum Gasteiger partial charge on any atom is -0.389 e. The van der Waals surface area contributed by atoms with Crippen LogP contribution < -0.4 is 11.1 Å². The van der Waals surface area contributed by atoms with Crippen molar-refractivity contribution in [2.45, 2.75) is 51.5 Å². The second-order valence-corrected chi connectivity index (χ2v) is 6.26. The van der Waals surface area contributed by atoms with Gasteiger partial charge in [0, 0.05) is 18.0 Å². The van der Waals surface area contributed by atoms with Gasteiger partial charge in [-0.25, -0.2) is 0 Å². The molecule has 0 heterocycles. The highest BCUT2D eigenvalue weighted by atomic mass is 32.1. The fourth-order valence-corrected chi connectivity index (χ4v) is 3.01. The van der Waals surface area contributed by atoms with Gasteiger partial charge >= 0.3 is 0 Å². The molecule has 0 saturated heterocycles. The van der Waals surface area contributed by atoms with Gasteiger partial charge in [0.15, 0.2) is 0 Å². The number of nitrogens with two attached hydrogens (primary N) is 1. The summed E-state index contributed by atoms with van der Waals surface area (Å²) in [7, 11) is 0. The smallest absolute Gasteiger partial charge is 0.223 e. The van der Waals surface area contributed by atoms with Crippen LogP contribution in [-0.2, 0) is 11.3 Å². The molecule has 1 aliphatic rings. The molecular weight excluding hydrogens is 280 g/mol.